The van der Waals surface area contributed by atoms with Crippen molar-refractivity contribution in [2.45, 2.75) is 12.8 Å². The molecule has 6 nitrogen and oxygen atoms in total. The second kappa shape index (κ2) is 7.88. The van der Waals surface area contributed by atoms with E-state index in [0.29, 0.717) is 17.0 Å². The molecule has 0 aliphatic carbocycles. The molecule has 0 fully saturated rings. The smallest absolute Gasteiger partial charge is 0.307 e. The lowest BCUT2D eigenvalue weighted by Crippen LogP contribution is -2.15. The van der Waals surface area contributed by atoms with E-state index < -0.39 is 0 Å². The van der Waals surface area contributed by atoms with E-state index in [1.165, 1.54) is 0 Å². The lowest BCUT2D eigenvalue weighted by molar-refractivity contribution is -0.115. The lowest BCUT2D eigenvalue weighted by Gasteiger charge is -2.11. The Balaban J connectivity index is 1.78. The van der Waals surface area contributed by atoms with E-state index in [1.54, 1.807) is 13.2 Å². The van der Waals surface area contributed by atoms with Crippen LogP contribution in [0, 0.1) is 0 Å². The van der Waals surface area contributed by atoms with Gasteiger partial charge in [0.1, 0.15) is 5.75 Å². The third-order valence-corrected chi connectivity index (χ3v) is 4.69. The number of amides is 1. The molecule has 3 rings (SSSR count). The number of carbonyl (C=O) groups excluding carboxylic acids is 1. The van der Waals surface area contributed by atoms with Crippen molar-refractivity contribution in [3.05, 3.63) is 74.2 Å². The minimum atomic E-state index is -0.298. The molecule has 0 saturated heterocycles. The normalized spacial score (nSPS) is 10.5. The van der Waals surface area contributed by atoms with Crippen LogP contribution in [0.2, 0.25) is 0 Å². The van der Waals surface area contributed by atoms with Gasteiger partial charge in [0.25, 0.3) is 0 Å². The van der Waals surface area contributed by atoms with Crippen LogP contribution in [0.3, 0.4) is 0 Å². The van der Waals surface area contributed by atoms with Crippen molar-refractivity contribution in [2.24, 2.45) is 0 Å². The number of carbonyl (C=O) groups is 1. The van der Waals surface area contributed by atoms with Crippen LogP contribution in [0.1, 0.15) is 16.0 Å². The Morgan fingerprint density at radius 1 is 1.23 bits per heavy atom. The number of aromatic amines is 1. The summed E-state index contributed by atoms with van der Waals surface area (Å²) in [6.45, 7) is 0. The van der Waals surface area contributed by atoms with E-state index in [2.05, 4.69) is 10.3 Å². The van der Waals surface area contributed by atoms with Gasteiger partial charge in [-0.2, -0.15) is 0 Å². The highest BCUT2D eigenvalue weighted by molar-refractivity contribution is 7.09. The van der Waals surface area contributed by atoms with E-state index in [0.717, 1.165) is 28.2 Å². The van der Waals surface area contributed by atoms with Gasteiger partial charge in [0, 0.05) is 17.7 Å². The zero-order valence-corrected chi connectivity index (χ0v) is 14.9. The van der Waals surface area contributed by atoms with Gasteiger partial charge in [-0.1, -0.05) is 41.7 Å². The minimum absolute atomic E-state index is 0.112. The van der Waals surface area contributed by atoms with Crippen LogP contribution in [0.5, 0.6) is 11.6 Å². The van der Waals surface area contributed by atoms with Crippen molar-refractivity contribution < 1.29 is 14.6 Å². The van der Waals surface area contributed by atoms with Crippen LogP contribution < -0.4 is 14.9 Å². The van der Waals surface area contributed by atoms with Gasteiger partial charge in [0.15, 0.2) is 0 Å². The number of benzene rings is 2. The Morgan fingerprint density at radius 3 is 2.65 bits per heavy atom. The van der Waals surface area contributed by atoms with Crippen LogP contribution >= 0.6 is 11.3 Å². The first-order chi connectivity index (χ1) is 12.5. The highest BCUT2D eigenvalue weighted by Crippen LogP contribution is 2.25. The predicted octanol–water partition coefficient (Wildman–Crippen LogP) is 2.92. The summed E-state index contributed by atoms with van der Waals surface area (Å²) < 4.78 is 5.35. The second-order valence-corrected chi connectivity index (χ2v) is 6.77. The number of aromatic nitrogens is 1. The SMILES string of the molecule is COc1ccc(Cc2sc(=O)[nH]c2O)cc1CC(=O)Nc1ccccc1. The van der Waals surface area contributed by atoms with Gasteiger partial charge in [0.05, 0.1) is 18.4 Å². The molecule has 2 aromatic carbocycles. The molecule has 26 heavy (non-hydrogen) atoms. The van der Waals surface area contributed by atoms with Gasteiger partial charge in [-0.25, -0.2) is 0 Å². The Labute approximate surface area is 154 Å². The molecule has 0 aliphatic heterocycles. The van der Waals surface area contributed by atoms with Gasteiger partial charge in [-0.05, 0) is 23.8 Å². The second-order valence-electron chi connectivity index (χ2n) is 5.70. The Hall–Kier alpha value is -3.06. The number of anilines is 1. The largest absolute Gasteiger partial charge is 0.496 e. The number of aromatic hydroxyl groups is 1. The first kappa shape index (κ1) is 17.8. The lowest BCUT2D eigenvalue weighted by atomic mass is 10.0. The Morgan fingerprint density at radius 2 is 2.00 bits per heavy atom. The molecule has 0 bridgehead atoms. The maximum atomic E-state index is 12.3. The Kier molecular flexibility index (Phi) is 5.38. The number of hydrogen-bond acceptors (Lipinski definition) is 5. The van der Waals surface area contributed by atoms with E-state index in [1.807, 2.05) is 42.5 Å². The van der Waals surface area contributed by atoms with E-state index in [9.17, 15) is 14.7 Å². The molecule has 1 aromatic heterocycles. The molecule has 0 saturated carbocycles. The number of methoxy groups -OCH3 is 1. The summed E-state index contributed by atoms with van der Waals surface area (Å²) >= 11 is 0.969. The number of rotatable bonds is 6. The summed E-state index contributed by atoms with van der Waals surface area (Å²) in [5.74, 6) is 0.350. The molecule has 0 aliphatic rings. The van der Waals surface area contributed by atoms with Crippen molar-refractivity contribution >= 4 is 22.9 Å². The van der Waals surface area contributed by atoms with Gasteiger partial charge < -0.3 is 15.2 Å². The summed E-state index contributed by atoms with van der Waals surface area (Å²) in [5, 5.41) is 12.6. The van der Waals surface area contributed by atoms with Crippen LogP contribution in [0.15, 0.2) is 53.3 Å². The predicted molar refractivity (Wildman–Crippen MR) is 101 cm³/mol. The maximum absolute atomic E-state index is 12.3. The van der Waals surface area contributed by atoms with E-state index >= 15 is 0 Å². The molecule has 3 N–H and O–H groups in total. The molecule has 0 atom stereocenters. The average Bonchev–Trinajstić information content (AvgIpc) is 2.93. The summed E-state index contributed by atoms with van der Waals surface area (Å²) in [4.78, 5) is 26.3. The zero-order valence-electron chi connectivity index (χ0n) is 14.1. The molecular formula is C19H18N2O4S. The average molecular weight is 370 g/mol. The first-order valence-corrected chi connectivity index (χ1v) is 8.78. The number of ether oxygens (including phenoxy) is 1. The molecule has 0 spiro atoms. The fourth-order valence-corrected chi connectivity index (χ4v) is 3.40. The van der Waals surface area contributed by atoms with Crippen molar-refractivity contribution in [2.75, 3.05) is 12.4 Å². The monoisotopic (exact) mass is 370 g/mol. The van der Waals surface area contributed by atoms with E-state index in [4.69, 9.17) is 4.74 Å². The topological polar surface area (TPSA) is 91.4 Å². The molecule has 1 heterocycles. The van der Waals surface area contributed by atoms with E-state index in [-0.39, 0.29) is 23.1 Å². The number of hydrogen-bond donors (Lipinski definition) is 3. The minimum Gasteiger partial charge on any atom is -0.496 e. The zero-order chi connectivity index (χ0) is 18.5. The van der Waals surface area contributed by atoms with Crippen LogP contribution in [0.4, 0.5) is 5.69 Å². The fraction of sp³-hybridized carbons (Fsp3) is 0.158. The molecule has 7 heteroatoms. The molecule has 0 unspecified atom stereocenters. The molecule has 1 amide bonds. The highest BCUT2D eigenvalue weighted by atomic mass is 32.1. The standard InChI is InChI=1S/C19H18N2O4S/c1-25-15-8-7-12(10-16-18(23)21-19(24)26-16)9-13(15)11-17(22)20-14-5-3-2-4-6-14/h2-9,23H,10-11H2,1H3,(H,20,22)(H,21,24). The van der Waals surface area contributed by atoms with Crippen molar-refractivity contribution in [1.82, 2.24) is 4.98 Å². The van der Waals surface area contributed by atoms with Gasteiger partial charge in [-0.15, -0.1) is 0 Å². The molecule has 0 radical (unpaired) electrons. The Bertz CT molecular complexity index is 963. The molecule has 134 valence electrons. The van der Waals surface area contributed by atoms with Crippen LogP contribution in [-0.4, -0.2) is 23.1 Å². The summed E-state index contributed by atoms with van der Waals surface area (Å²) in [6, 6.07) is 14.7. The van der Waals surface area contributed by atoms with Crippen molar-refractivity contribution in [3.63, 3.8) is 0 Å². The number of thiazole rings is 1. The van der Waals surface area contributed by atoms with Crippen LogP contribution in [-0.2, 0) is 17.6 Å². The van der Waals surface area contributed by atoms with Crippen molar-refractivity contribution in [1.29, 1.82) is 0 Å². The first-order valence-electron chi connectivity index (χ1n) is 7.97. The third-order valence-electron chi connectivity index (χ3n) is 3.82. The van der Waals surface area contributed by atoms with Crippen molar-refractivity contribution in [3.8, 4) is 11.6 Å². The number of para-hydroxylation sites is 1. The van der Waals surface area contributed by atoms with Gasteiger partial charge in [-0.3, -0.25) is 14.6 Å². The number of H-pyrrole nitrogens is 1. The highest BCUT2D eigenvalue weighted by Gasteiger charge is 2.13. The third kappa shape index (κ3) is 4.31. The van der Waals surface area contributed by atoms with Crippen LogP contribution in [0.25, 0.3) is 0 Å². The fourth-order valence-electron chi connectivity index (χ4n) is 2.64. The maximum Gasteiger partial charge on any atom is 0.307 e. The van der Waals surface area contributed by atoms with Gasteiger partial charge >= 0.3 is 4.87 Å². The summed E-state index contributed by atoms with van der Waals surface area (Å²) in [6.07, 6.45) is 0.549. The number of nitrogens with one attached hydrogen (secondary N) is 2. The molecule has 3 aromatic rings. The van der Waals surface area contributed by atoms with Gasteiger partial charge in [0.2, 0.25) is 11.8 Å². The summed E-state index contributed by atoms with van der Waals surface area (Å²) in [7, 11) is 1.55. The molecular weight excluding hydrogens is 352 g/mol. The quantitative estimate of drug-likeness (QED) is 0.622. The summed E-state index contributed by atoms with van der Waals surface area (Å²) in [5.41, 5.74) is 2.34.